The molecular weight excluding hydrogens is 264 g/mol. The van der Waals surface area contributed by atoms with Gasteiger partial charge < -0.3 is 9.73 Å². The molecule has 1 fully saturated rings. The van der Waals surface area contributed by atoms with E-state index >= 15 is 0 Å². The van der Waals surface area contributed by atoms with Crippen molar-refractivity contribution in [1.82, 2.24) is 20.4 Å². The lowest BCUT2D eigenvalue weighted by molar-refractivity contribution is 0.213. The van der Waals surface area contributed by atoms with Gasteiger partial charge in [0.25, 0.3) is 0 Å². The van der Waals surface area contributed by atoms with E-state index in [-0.39, 0.29) is 0 Å². The minimum atomic E-state index is 0.521. The normalized spacial score (nSPS) is 16.7. The molecule has 1 aliphatic heterocycles. The van der Waals surface area contributed by atoms with Gasteiger partial charge in [-0.15, -0.1) is 10.2 Å². The second-order valence-corrected chi connectivity index (χ2v) is 4.97. The Kier molecular flexibility index (Phi) is 3.77. The van der Waals surface area contributed by atoms with Crippen LogP contribution in [0.3, 0.4) is 0 Å². The first kappa shape index (κ1) is 12.6. The van der Waals surface area contributed by atoms with E-state index in [1.807, 2.05) is 24.3 Å². The Morgan fingerprint density at radius 1 is 1.26 bits per heavy atom. The van der Waals surface area contributed by atoms with Gasteiger partial charge in [-0.3, -0.25) is 4.90 Å². The molecule has 2 heterocycles. The van der Waals surface area contributed by atoms with Crippen LogP contribution in [0, 0.1) is 0 Å². The fourth-order valence-corrected chi connectivity index (χ4v) is 2.31. The molecule has 5 nitrogen and oxygen atoms in total. The Hall–Kier alpha value is -1.43. The molecule has 2 aromatic rings. The molecule has 6 heteroatoms. The topological polar surface area (TPSA) is 54.2 Å². The highest BCUT2D eigenvalue weighted by Gasteiger charge is 2.14. The van der Waals surface area contributed by atoms with Crippen molar-refractivity contribution in [2.75, 3.05) is 26.2 Å². The molecule has 1 aromatic carbocycles. The first-order chi connectivity index (χ1) is 9.31. The first-order valence-electron chi connectivity index (χ1n) is 6.33. The van der Waals surface area contributed by atoms with E-state index in [0.717, 1.165) is 31.7 Å². The highest BCUT2D eigenvalue weighted by Crippen LogP contribution is 2.21. The molecule has 100 valence electrons. The van der Waals surface area contributed by atoms with E-state index in [1.54, 1.807) is 0 Å². The summed E-state index contributed by atoms with van der Waals surface area (Å²) in [6.07, 6.45) is 0. The van der Waals surface area contributed by atoms with Crippen LogP contribution in [0.25, 0.3) is 11.5 Å². The van der Waals surface area contributed by atoms with Gasteiger partial charge >= 0.3 is 0 Å². The summed E-state index contributed by atoms with van der Waals surface area (Å²) in [7, 11) is 0. The monoisotopic (exact) mass is 278 g/mol. The van der Waals surface area contributed by atoms with E-state index in [4.69, 9.17) is 16.0 Å². The number of hydrogen-bond acceptors (Lipinski definition) is 5. The van der Waals surface area contributed by atoms with Crippen molar-refractivity contribution < 1.29 is 4.42 Å². The SMILES string of the molecule is Clc1cccc(-c2nnc(CN3CCNCC3)o2)c1. The van der Waals surface area contributed by atoms with E-state index in [0.29, 0.717) is 23.3 Å². The largest absolute Gasteiger partial charge is 0.419 e. The molecule has 1 saturated heterocycles. The summed E-state index contributed by atoms with van der Waals surface area (Å²) in [5.41, 5.74) is 0.853. The molecule has 0 atom stereocenters. The van der Waals surface area contributed by atoms with Gasteiger partial charge in [0.1, 0.15) is 0 Å². The number of nitrogens with one attached hydrogen (secondary N) is 1. The minimum absolute atomic E-state index is 0.521. The average molecular weight is 279 g/mol. The van der Waals surface area contributed by atoms with Gasteiger partial charge in [-0.25, -0.2) is 0 Å². The third-order valence-electron chi connectivity index (χ3n) is 3.11. The molecule has 1 N–H and O–H groups in total. The standard InChI is InChI=1S/C13H15ClN4O/c14-11-3-1-2-10(8-11)13-17-16-12(19-13)9-18-6-4-15-5-7-18/h1-3,8,15H,4-7,9H2. The van der Waals surface area contributed by atoms with Gasteiger partial charge in [0.05, 0.1) is 6.54 Å². The van der Waals surface area contributed by atoms with Crippen molar-refractivity contribution in [3.8, 4) is 11.5 Å². The maximum absolute atomic E-state index is 5.95. The smallest absolute Gasteiger partial charge is 0.247 e. The van der Waals surface area contributed by atoms with Crippen molar-refractivity contribution >= 4 is 11.6 Å². The highest BCUT2D eigenvalue weighted by molar-refractivity contribution is 6.30. The molecule has 0 spiro atoms. The molecule has 1 aliphatic rings. The molecule has 0 amide bonds. The third-order valence-corrected chi connectivity index (χ3v) is 3.34. The van der Waals surface area contributed by atoms with Crippen molar-refractivity contribution in [3.05, 3.63) is 35.2 Å². The minimum Gasteiger partial charge on any atom is -0.419 e. The van der Waals surface area contributed by atoms with Gasteiger partial charge in [0.2, 0.25) is 11.8 Å². The van der Waals surface area contributed by atoms with Crippen LogP contribution >= 0.6 is 11.6 Å². The lowest BCUT2D eigenvalue weighted by Gasteiger charge is -2.25. The zero-order valence-corrected chi connectivity index (χ0v) is 11.2. The Labute approximate surface area is 116 Å². The second kappa shape index (κ2) is 5.69. The van der Waals surface area contributed by atoms with Crippen LogP contribution in [0.2, 0.25) is 5.02 Å². The van der Waals surface area contributed by atoms with Crippen LogP contribution in [0.15, 0.2) is 28.7 Å². The summed E-state index contributed by atoms with van der Waals surface area (Å²) < 4.78 is 5.68. The number of nitrogens with zero attached hydrogens (tertiary/aromatic N) is 3. The van der Waals surface area contributed by atoms with Crippen molar-refractivity contribution in [2.24, 2.45) is 0 Å². The summed E-state index contributed by atoms with van der Waals surface area (Å²) in [6.45, 7) is 4.74. The van der Waals surface area contributed by atoms with Crippen LogP contribution in [0.5, 0.6) is 0 Å². The fourth-order valence-electron chi connectivity index (χ4n) is 2.12. The second-order valence-electron chi connectivity index (χ2n) is 4.54. The van der Waals surface area contributed by atoms with Crippen LogP contribution in [0.4, 0.5) is 0 Å². The number of rotatable bonds is 3. The van der Waals surface area contributed by atoms with Gasteiger partial charge in [0, 0.05) is 36.8 Å². The van der Waals surface area contributed by atoms with E-state index in [9.17, 15) is 0 Å². The maximum atomic E-state index is 5.95. The molecular formula is C13H15ClN4O. The number of piperazine rings is 1. The Bertz CT molecular complexity index is 551. The van der Waals surface area contributed by atoms with Gasteiger partial charge in [-0.05, 0) is 18.2 Å². The predicted molar refractivity (Wildman–Crippen MR) is 72.9 cm³/mol. The number of halogens is 1. The highest BCUT2D eigenvalue weighted by atomic mass is 35.5. The molecule has 0 bridgehead atoms. The number of hydrogen-bond donors (Lipinski definition) is 1. The van der Waals surface area contributed by atoms with Crippen LogP contribution < -0.4 is 5.32 Å². The lowest BCUT2D eigenvalue weighted by Crippen LogP contribution is -2.42. The third kappa shape index (κ3) is 3.12. The molecule has 0 aliphatic carbocycles. The van der Waals surface area contributed by atoms with Crippen LogP contribution in [0.1, 0.15) is 5.89 Å². The average Bonchev–Trinajstić information content (AvgIpc) is 2.88. The molecule has 0 unspecified atom stereocenters. The lowest BCUT2D eigenvalue weighted by atomic mass is 10.2. The Morgan fingerprint density at radius 2 is 2.11 bits per heavy atom. The summed E-state index contributed by atoms with van der Waals surface area (Å²) in [5.74, 6) is 1.17. The first-order valence-corrected chi connectivity index (χ1v) is 6.70. The van der Waals surface area contributed by atoms with Gasteiger partial charge in [-0.1, -0.05) is 17.7 Å². The predicted octanol–water partition coefficient (Wildman–Crippen LogP) is 1.80. The van der Waals surface area contributed by atoms with E-state index < -0.39 is 0 Å². The van der Waals surface area contributed by atoms with Gasteiger partial charge in [-0.2, -0.15) is 0 Å². The molecule has 0 saturated carbocycles. The van der Waals surface area contributed by atoms with E-state index in [2.05, 4.69) is 20.4 Å². The summed E-state index contributed by atoms with van der Waals surface area (Å²) >= 11 is 5.95. The molecule has 0 radical (unpaired) electrons. The fraction of sp³-hybridized carbons (Fsp3) is 0.385. The van der Waals surface area contributed by atoms with Crippen molar-refractivity contribution in [3.63, 3.8) is 0 Å². The van der Waals surface area contributed by atoms with Gasteiger partial charge in [0.15, 0.2) is 0 Å². The molecule has 19 heavy (non-hydrogen) atoms. The Morgan fingerprint density at radius 3 is 2.89 bits per heavy atom. The van der Waals surface area contributed by atoms with E-state index in [1.165, 1.54) is 0 Å². The van der Waals surface area contributed by atoms with Crippen molar-refractivity contribution in [2.45, 2.75) is 6.54 Å². The molecule has 3 rings (SSSR count). The summed E-state index contributed by atoms with van der Waals surface area (Å²) in [5, 5.41) is 12.2. The maximum Gasteiger partial charge on any atom is 0.247 e. The Balaban J connectivity index is 1.72. The van der Waals surface area contributed by atoms with Crippen LogP contribution in [-0.4, -0.2) is 41.3 Å². The van der Waals surface area contributed by atoms with Crippen molar-refractivity contribution in [1.29, 1.82) is 0 Å². The summed E-state index contributed by atoms with van der Waals surface area (Å²) in [6, 6.07) is 7.43. The molecule has 1 aromatic heterocycles. The number of benzene rings is 1. The quantitative estimate of drug-likeness (QED) is 0.928. The summed E-state index contributed by atoms with van der Waals surface area (Å²) in [4.78, 5) is 2.30. The van der Waals surface area contributed by atoms with Crippen LogP contribution in [-0.2, 0) is 6.54 Å². The zero-order chi connectivity index (χ0) is 13.1. The zero-order valence-electron chi connectivity index (χ0n) is 10.5. The number of aromatic nitrogens is 2.